The minimum absolute atomic E-state index is 0.00100. The molecule has 5 N–H and O–H groups in total. The topological polar surface area (TPSA) is 91.7 Å². The highest BCUT2D eigenvalue weighted by Crippen LogP contribution is 2.21. The van der Waals surface area contributed by atoms with Crippen LogP contribution in [-0.2, 0) is 16.1 Å². The van der Waals surface area contributed by atoms with Crippen molar-refractivity contribution < 1.29 is 18.3 Å². The molecule has 1 atom stereocenters. The van der Waals surface area contributed by atoms with E-state index < -0.39 is 17.5 Å². The lowest BCUT2D eigenvalue weighted by atomic mass is 10.1. The molecule has 2 aliphatic heterocycles. The molecular weight excluding hydrogens is 416 g/mol. The number of primary amides is 1. The van der Waals surface area contributed by atoms with Crippen LogP contribution >= 0.6 is 0 Å². The lowest BCUT2D eigenvalue weighted by molar-refractivity contribution is -0.114. The van der Waals surface area contributed by atoms with Crippen molar-refractivity contribution in [2.24, 2.45) is 5.73 Å². The van der Waals surface area contributed by atoms with Crippen molar-refractivity contribution in [3.63, 3.8) is 0 Å². The maximum atomic E-state index is 14.0. The first kappa shape index (κ1) is 21.6. The number of rotatable bonds is 7. The fourth-order valence-corrected chi connectivity index (χ4v) is 3.64. The molecule has 32 heavy (non-hydrogen) atoms. The molecule has 0 radical (unpaired) electrons. The average molecular weight is 441 g/mol. The molecule has 9 heteroatoms. The summed E-state index contributed by atoms with van der Waals surface area (Å²) in [5.74, 6) is -2.48. The third-order valence-electron chi connectivity index (χ3n) is 5.36. The highest BCUT2D eigenvalue weighted by molar-refractivity contribution is 5.96. The molecule has 0 aromatic heterocycles. The molecule has 1 amide bonds. The van der Waals surface area contributed by atoms with Crippen molar-refractivity contribution in [1.82, 2.24) is 10.6 Å². The van der Waals surface area contributed by atoms with Crippen LogP contribution in [0.3, 0.4) is 0 Å². The summed E-state index contributed by atoms with van der Waals surface area (Å²) in [5, 5.41) is 9.38. The Kier molecular flexibility index (Phi) is 6.55. The zero-order valence-electron chi connectivity index (χ0n) is 17.4. The summed E-state index contributed by atoms with van der Waals surface area (Å²) < 4.78 is 32.8. The van der Waals surface area contributed by atoms with Crippen molar-refractivity contribution in [3.8, 4) is 0 Å². The van der Waals surface area contributed by atoms with Gasteiger partial charge in [0.2, 0.25) is 0 Å². The molecule has 168 valence electrons. The summed E-state index contributed by atoms with van der Waals surface area (Å²) in [7, 11) is 0. The van der Waals surface area contributed by atoms with Gasteiger partial charge in [-0.1, -0.05) is 12.1 Å². The van der Waals surface area contributed by atoms with Gasteiger partial charge in [0.1, 0.15) is 6.17 Å². The minimum Gasteiger partial charge on any atom is -0.380 e. The normalized spacial score (nSPS) is 18.3. The number of hydrogen-bond acceptors (Lipinski definition) is 6. The van der Waals surface area contributed by atoms with Crippen LogP contribution in [0.4, 0.5) is 20.2 Å². The number of nitrogens with zero attached hydrogens (tertiary/aromatic N) is 1. The molecule has 0 spiro atoms. The molecule has 2 aromatic rings. The average Bonchev–Trinajstić information content (AvgIpc) is 2.81. The standard InChI is InChI=1S/C23H25F2N5O2/c24-19-3-1-2-15(22(19)25)13-27-20-12-21(28-14-18(20)23(26)31)29-16-4-6-17(7-5-16)30-8-10-32-11-9-30/h1-7,12,14,21,27-29H,8-11,13H2,(H2,26,31). The first-order chi connectivity index (χ1) is 15.5. The second-order valence-corrected chi connectivity index (χ2v) is 7.50. The number of benzene rings is 2. The van der Waals surface area contributed by atoms with Gasteiger partial charge in [-0.05, 0) is 36.4 Å². The van der Waals surface area contributed by atoms with Gasteiger partial charge >= 0.3 is 0 Å². The third-order valence-corrected chi connectivity index (χ3v) is 5.36. The van der Waals surface area contributed by atoms with E-state index in [-0.39, 0.29) is 23.8 Å². The van der Waals surface area contributed by atoms with E-state index in [9.17, 15) is 13.6 Å². The van der Waals surface area contributed by atoms with E-state index in [4.69, 9.17) is 10.5 Å². The van der Waals surface area contributed by atoms with Crippen LogP contribution in [0.25, 0.3) is 0 Å². The Bertz CT molecular complexity index is 1030. The van der Waals surface area contributed by atoms with Crippen LogP contribution in [0, 0.1) is 11.6 Å². The molecule has 2 heterocycles. The second-order valence-electron chi connectivity index (χ2n) is 7.50. The lowest BCUT2D eigenvalue weighted by Gasteiger charge is -2.29. The van der Waals surface area contributed by atoms with Crippen LogP contribution in [-0.4, -0.2) is 38.4 Å². The fourth-order valence-electron chi connectivity index (χ4n) is 3.64. The van der Waals surface area contributed by atoms with Crippen molar-refractivity contribution in [3.05, 3.63) is 83.2 Å². The number of nitrogens with two attached hydrogens (primary N) is 1. The van der Waals surface area contributed by atoms with Crippen LogP contribution in [0.5, 0.6) is 0 Å². The summed E-state index contributed by atoms with van der Waals surface area (Å²) >= 11 is 0. The number of dihydropyridines is 1. The number of hydrogen-bond donors (Lipinski definition) is 4. The summed E-state index contributed by atoms with van der Waals surface area (Å²) in [6.45, 7) is 3.17. The second kappa shape index (κ2) is 9.69. The summed E-state index contributed by atoms with van der Waals surface area (Å²) in [6.07, 6.45) is 2.91. The predicted molar refractivity (Wildman–Crippen MR) is 119 cm³/mol. The Morgan fingerprint density at radius 2 is 1.91 bits per heavy atom. The molecule has 1 fully saturated rings. The van der Waals surface area contributed by atoms with Gasteiger partial charge in [-0.2, -0.15) is 0 Å². The summed E-state index contributed by atoms with van der Waals surface area (Å²) in [5.41, 5.74) is 8.28. The Morgan fingerprint density at radius 1 is 1.16 bits per heavy atom. The Hall–Kier alpha value is -3.59. The number of morpholine rings is 1. The number of carbonyl (C=O) groups excluding carboxylic acids is 1. The van der Waals surface area contributed by atoms with Gasteiger partial charge in [0.05, 0.1) is 18.8 Å². The van der Waals surface area contributed by atoms with Crippen LogP contribution < -0.4 is 26.6 Å². The molecule has 4 rings (SSSR count). The summed E-state index contributed by atoms with van der Waals surface area (Å²) in [6, 6.07) is 12.0. The highest BCUT2D eigenvalue weighted by Gasteiger charge is 2.20. The number of nitrogens with one attached hydrogen (secondary N) is 3. The maximum absolute atomic E-state index is 14.0. The number of carbonyl (C=O) groups is 1. The predicted octanol–water partition coefficient (Wildman–Crippen LogP) is 2.19. The van der Waals surface area contributed by atoms with Crippen LogP contribution in [0.2, 0.25) is 0 Å². The van der Waals surface area contributed by atoms with Gasteiger partial charge < -0.3 is 31.3 Å². The smallest absolute Gasteiger partial charge is 0.252 e. The van der Waals surface area contributed by atoms with E-state index in [0.717, 1.165) is 43.7 Å². The Balaban J connectivity index is 1.44. The minimum atomic E-state index is -0.922. The van der Waals surface area contributed by atoms with Gasteiger partial charge in [-0.15, -0.1) is 0 Å². The number of anilines is 2. The number of ether oxygens (including phenoxy) is 1. The van der Waals surface area contributed by atoms with Crippen molar-refractivity contribution in [1.29, 1.82) is 0 Å². The Morgan fingerprint density at radius 3 is 2.62 bits per heavy atom. The largest absolute Gasteiger partial charge is 0.380 e. The van der Waals surface area contributed by atoms with Gasteiger partial charge in [0.25, 0.3) is 5.91 Å². The summed E-state index contributed by atoms with van der Waals surface area (Å²) in [4.78, 5) is 14.1. The quantitative estimate of drug-likeness (QED) is 0.527. The molecule has 0 bridgehead atoms. The Labute approximate surface area is 184 Å². The molecule has 0 aliphatic carbocycles. The van der Waals surface area contributed by atoms with E-state index in [0.29, 0.717) is 5.70 Å². The van der Waals surface area contributed by atoms with Gasteiger partial charge in [0.15, 0.2) is 11.6 Å². The molecule has 1 saturated heterocycles. The zero-order valence-corrected chi connectivity index (χ0v) is 17.4. The van der Waals surface area contributed by atoms with E-state index in [2.05, 4.69) is 20.9 Å². The monoisotopic (exact) mass is 441 g/mol. The first-order valence-electron chi connectivity index (χ1n) is 10.4. The van der Waals surface area contributed by atoms with Gasteiger partial charge in [-0.3, -0.25) is 4.79 Å². The van der Waals surface area contributed by atoms with E-state index in [1.807, 2.05) is 24.3 Å². The lowest BCUT2D eigenvalue weighted by Crippen LogP contribution is -2.38. The molecule has 2 aromatic carbocycles. The highest BCUT2D eigenvalue weighted by atomic mass is 19.2. The zero-order chi connectivity index (χ0) is 22.5. The SMILES string of the molecule is NC(=O)C1=CNC(Nc2ccc(N3CCOCC3)cc2)C=C1NCc1cccc(F)c1F. The molecular formula is C23H25F2N5O2. The fraction of sp³-hybridized carbons (Fsp3) is 0.261. The first-order valence-corrected chi connectivity index (χ1v) is 10.4. The van der Waals surface area contributed by atoms with E-state index in [1.165, 1.54) is 18.3 Å². The van der Waals surface area contributed by atoms with E-state index in [1.54, 1.807) is 6.08 Å². The number of halogens is 2. The van der Waals surface area contributed by atoms with Gasteiger partial charge in [0, 0.05) is 48.5 Å². The third kappa shape index (κ3) is 5.00. The van der Waals surface area contributed by atoms with Crippen molar-refractivity contribution in [2.45, 2.75) is 12.7 Å². The number of amides is 1. The van der Waals surface area contributed by atoms with Crippen molar-refractivity contribution >= 4 is 17.3 Å². The molecule has 0 saturated carbocycles. The maximum Gasteiger partial charge on any atom is 0.252 e. The van der Waals surface area contributed by atoms with Crippen molar-refractivity contribution in [2.75, 3.05) is 36.5 Å². The van der Waals surface area contributed by atoms with Gasteiger partial charge in [-0.25, -0.2) is 8.78 Å². The molecule has 1 unspecified atom stereocenters. The van der Waals surface area contributed by atoms with E-state index >= 15 is 0 Å². The van der Waals surface area contributed by atoms with Crippen LogP contribution in [0.1, 0.15) is 5.56 Å². The molecule has 7 nitrogen and oxygen atoms in total. The molecule has 2 aliphatic rings. The van der Waals surface area contributed by atoms with Crippen LogP contribution in [0.15, 0.2) is 66.0 Å².